The van der Waals surface area contributed by atoms with Gasteiger partial charge in [0.15, 0.2) is 6.10 Å². The van der Waals surface area contributed by atoms with E-state index in [1.165, 1.54) is 0 Å². The van der Waals surface area contributed by atoms with Gasteiger partial charge < -0.3 is 15.3 Å². The van der Waals surface area contributed by atoms with Crippen LogP contribution in [0.15, 0.2) is 0 Å². The van der Waals surface area contributed by atoms with E-state index in [4.69, 9.17) is 15.3 Å². The molecule has 0 aromatic rings. The molecular formula is C4H7KO5. The van der Waals surface area contributed by atoms with Crippen LogP contribution in [0, 0.1) is 0 Å². The van der Waals surface area contributed by atoms with Crippen LogP contribution >= 0.6 is 0 Å². The van der Waals surface area contributed by atoms with Crippen LogP contribution < -0.4 is 0 Å². The van der Waals surface area contributed by atoms with E-state index in [2.05, 4.69) is 0 Å². The Balaban J connectivity index is 0. The van der Waals surface area contributed by atoms with Crippen LogP contribution in [0.3, 0.4) is 0 Å². The molecule has 0 heterocycles. The molecule has 54 valence electrons. The van der Waals surface area contributed by atoms with Crippen molar-refractivity contribution < 1.29 is 24.9 Å². The van der Waals surface area contributed by atoms with E-state index in [9.17, 15) is 9.59 Å². The Bertz CT molecular complexity index is 134. The summed E-state index contributed by atoms with van der Waals surface area (Å²) in [5.74, 6) is -2.85. The number of aliphatic carboxylic acids is 2. The van der Waals surface area contributed by atoms with Crippen LogP contribution in [0.4, 0.5) is 0 Å². The quantitative estimate of drug-likeness (QED) is 0.441. The number of carbonyl (C=O) groups is 2. The molecule has 0 radical (unpaired) electrons. The van der Waals surface area contributed by atoms with Crippen molar-refractivity contribution in [2.24, 2.45) is 0 Å². The van der Waals surface area contributed by atoms with E-state index >= 15 is 0 Å². The minimum atomic E-state index is -1.79. The summed E-state index contributed by atoms with van der Waals surface area (Å²) < 4.78 is 0. The van der Waals surface area contributed by atoms with Crippen molar-refractivity contribution in [3.05, 3.63) is 0 Å². The number of carboxylic acids is 2. The van der Waals surface area contributed by atoms with Crippen LogP contribution in [0.25, 0.3) is 0 Å². The Kier molecular flexibility index (Phi) is 8.23. The third-order valence-electron chi connectivity index (χ3n) is 0.653. The molecule has 6 heteroatoms. The molecule has 10 heavy (non-hydrogen) atoms. The summed E-state index contributed by atoms with van der Waals surface area (Å²) in [6.07, 6.45) is -2.54. The molecule has 0 fully saturated rings. The first-order valence-electron chi connectivity index (χ1n) is 2.16. The van der Waals surface area contributed by atoms with E-state index in [-0.39, 0.29) is 51.4 Å². The van der Waals surface area contributed by atoms with Gasteiger partial charge in [-0.15, -0.1) is 0 Å². The molecule has 0 bridgehead atoms. The van der Waals surface area contributed by atoms with E-state index in [0.717, 1.165) is 0 Å². The van der Waals surface area contributed by atoms with Gasteiger partial charge in [-0.3, -0.25) is 4.79 Å². The van der Waals surface area contributed by atoms with Gasteiger partial charge in [0.05, 0.1) is 6.42 Å². The summed E-state index contributed by atoms with van der Waals surface area (Å²) in [4.78, 5) is 19.4. The zero-order valence-corrected chi connectivity index (χ0v) is 4.44. The summed E-state index contributed by atoms with van der Waals surface area (Å²) in [5, 5.41) is 24.1. The first kappa shape index (κ1) is 13.1. The first-order chi connectivity index (χ1) is 4.04. The van der Waals surface area contributed by atoms with Crippen molar-refractivity contribution in [1.82, 2.24) is 0 Å². The van der Waals surface area contributed by atoms with Gasteiger partial charge in [0.2, 0.25) is 0 Å². The van der Waals surface area contributed by atoms with Crippen molar-refractivity contribution >= 4 is 63.3 Å². The van der Waals surface area contributed by atoms with Crippen LogP contribution in [0.5, 0.6) is 0 Å². The fourth-order valence-electron chi connectivity index (χ4n) is 0.253. The average molecular weight is 174 g/mol. The summed E-state index contributed by atoms with van der Waals surface area (Å²) in [6, 6.07) is 0. The second-order valence-corrected chi connectivity index (χ2v) is 1.45. The minimum absolute atomic E-state index is 0. The summed E-state index contributed by atoms with van der Waals surface area (Å²) in [5.41, 5.74) is 0. The SMILES string of the molecule is O=C(O)C[C@@H](O)C(=O)O.[KH]. The Morgan fingerprint density at radius 2 is 1.70 bits per heavy atom. The Labute approximate surface area is 99.5 Å². The van der Waals surface area contributed by atoms with Crippen molar-refractivity contribution in [2.45, 2.75) is 12.5 Å². The van der Waals surface area contributed by atoms with Crippen LogP contribution in [-0.4, -0.2) is 84.7 Å². The average Bonchev–Trinajstić information content (AvgIpc) is 1.63. The maximum absolute atomic E-state index is 9.72. The third kappa shape index (κ3) is 6.65. The van der Waals surface area contributed by atoms with Crippen molar-refractivity contribution in [2.75, 3.05) is 0 Å². The van der Waals surface area contributed by atoms with Gasteiger partial charge in [-0.2, -0.15) is 0 Å². The number of hydrogen-bond donors (Lipinski definition) is 3. The second kappa shape index (κ2) is 6.26. The number of hydrogen-bond acceptors (Lipinski definition) is 3. The van der Waals surface area contributed by atoms with Gasteiger partial charge >= 0.3 is 63.3 Å². The van der Waals surface area contributed by atoms with E-state index in [0.29, 0.717) is 0 Å². The molecule has 0 saturated carbocycles. The Morgan fingerprint density at radius 3 is 1.80 bits per heavy atom. The van der Waals surface area contributed by atoms with E-state index in [1.807, 2.05) is 0 Å². The molecule has 3 N–H and O–H groups in total. The fraction of sp³-hybridized carbons (Fsp3) is 0.500. The van der Waals surface area contributed by atoms with Crippen molar-refractivity contribution in [1.29, 1.82) is 0 Å². The van der Waals surface area contributed by atoms with Crippen LogP contribution in [-0.2, 0) is 9.59 Å². The zero-order chi connectivity index (χ0) is 7.44. The van der Waals surface area contributed by atoms with Gasteiger partial charge in [-0.25, -0.2) is 4.79 Å². The third-order valence-corrected chi connectivity index (χ3v) is 0.653. The Morgan fingerprint density at radius 1 is 1.30 bits per heavy atom. The topological polar surface area (TPSA) is 94.8 Å². The normalized spacial score (nSPS) is 11.3. The molecule has 0 spiro atoms. The molecule has 0 aliphatic heterocycles. The van der Waals surface area contributed by atoms with Gasteiger partial charge in [0, 0.05) is 0 Å². The zero-order valence-electron chi connectivity index (χ0n) is 4.44. The molecular weight excluding hydrogens is 167 g/mol. The fourth-order valence-corrected chi connectivity index (χ4v) is 0.253. The predicted octanol–water partition coefficient (Wildman–Crippen LogP) is -1.74. The summed E-state index contributed by atoms with van der Waals surface area (Å²) in [7, 11) is 0. The molecule has 0 rings (SSSR count). The molecule has 0 aliphatic rings. The molecule has 0 saturated heterocycles. The van der Waals surface area contributed by atoms with Crippen molar-refractivity contribution in [3.63, 3.8) is 0 Å². The molecule has 0 aromatic heterocycles. The van der Waals surface area contributed by atoms with Crippen LogP contribution in [0.2, 0.25) is 0 Å². The number of aliphatic hydroxyl groups is 1. The molecule has 5 nitrogen and oxygen atoms in total. The second-order valence-electron chi connectivity index (χ2n) is 1.45. The number of rotatable bonds is 3. The number of carboxylic acid groups (broad SMARTS) is 2. The molecule has 0 aromatic carbocycles. The van der Waals surface area contributed by atoms with Gasteiger partial charge in [0.1, 0.15) is 0 Å². The van der Waals surface area contributed by atoms with Gasteiger partial charge in [-0.1, -0.05) is 0 Å². The van der Waals surface area contributed by atoms with E-state index in [1.54, 1.807) is 0 Å². The van der Waals surface area contributed by atoms with Crippen LogP contribution in [0.1, 0.15) is 6.42 Å². The van der Waals surface area contributed by atoms with Gasteiger partial charge in [0.25, 0.3) is 0 Å². The first-order valence-corrected chi connectivity index (χ1v) is 2.16. The molecule has 1 atom stereocenters. The number of aliphatic hydroxyl groups excluding tert-OH is 1. The maximum atomic E-state index is 9.72. The van der Waals surface area contributed by atoms with E-state index < -0.39 is 24.5 Å². The molecule has 0 amide bonds. The van der Waals surface area contributed by atoms with Crippen molar-refractivity contribution in [3.8, 4) is 0 Å². The van der Waals surface area contributed by atoms with Gasteiger partial charge in [-0.05, 0) is 0 Å². The molecule has 0 aliphatic carbocycles. The molecule has 0 unspecified atom stereocenters. The summed E-state index contributed by atoms with van der Waals surface area (Å²) >= 11 is 0. The Hall–Kier alpha value is 0.536. The monoisotopic (exact) mass is 174 g/mol. The summed E-state index contributed by atoms with van der Waals surface area (Å²) in [6.45, 7) is 0. The predicted molar refractivity (Wildman–Crippen MR) is 33.0 cm³/mol. The standard InChI is InChI=1S/C4H6O5.K.H/c5-2(4(8)9)1-3(6)7;;/h2,5H,1H2,(H,6,7)(H,8,9);;/t2-;;/m1../s1.